The molecule has 1 aliphatic carbocycles. The van der Waals surface area contributed by atoms with Gasteiger partial charge in [0.15, 0.2) is 11.6 Å². The van der Waals surface area contributed by atoms with Crippen LogP contribution in [0.3, 0.4) is 0 Å². The summed E-state index contributed by atoms with van der Waals surface area (Å²) in [5, 5.41) is 0. The molecule has 0 unspecified atom stereocenters. The average molecular weight is 306 g/mol. The fourth-order valence-corrected chi connectivity index (χ4v) is 2.57. The number of hydrogen-bond donors (Lipinski definition) is 0. The van der Waals surface area contributed by atoms with Crippen LogP contribution in [0.25, 0.3) is 6.08 Å². The van der Waals surface area contributed by atoms with Gasteiger partial charge >= 0.3 is 0 Å². The normalized spacial score (nSPS) is 14.6. The van der Waals surface area contributed by atoms with Crippen LogP contribution in [0.5, 0.6) is 5.75 Å². The number of carbonyl (C=O) groups excluding carboxylic acids is 2. The summed E-state index contributed by atoms with van der Waals surface area (Å²) >= 11 is 0. The molecule has 0 amide bonds. The van der Waals surface area contributed by atoms with Crippen molar-refractivity contribution in [2.75, 3.05) is 0 Å². The van der Waals surface area contributed by atoms with Gasteiger partial charge in [-0.25, -0.2) is 0 Å². The van der Waals surface area contributed by atoms with Gasteiger partial charge in [-0.3, -0.25) is 9.59 Å². The minimum Gasteiger partial charge on any atom is -0.490 e. The molecule has 0 radical (unpaired) electrons. The van der Waals surface area contributed by atoms with Gasteiger partial charge in [0.1, 0.15) is 5.75 Å². The van der Waals surface area contributed by atoms with E-state index in [9.17, 15) is 9.59 Å². The molecule has 3 heteroatoms. The van der Waals surface area contributed by atoms with Crippen LogP contribution in [0.15, 0.2) is 54.1 Å². The Balaban J connectivity index is 2.01. The van der Waals surface area contributed by atoms with Crippen molar-refractivity contribution in [3.05, 3.63) is 70.8 Å². The molecule has 3 nitrogen and oxygen atoms in total. The molecule has 0 N–H and O–H groups in total. The van der Waals surface area contributed by atoms with E-state index in [-0.39, 0.29) is 23.2 Å². The highest BCUT2D eigenvalue weighted by atomic mass is 16.5. The molecular formula is C20H18O3. The van der Waals surface area contributed by atoms with Crippen LogP contribution >= 0.6 is 0 Å². The lowest BCUT2D eigenvalue weighted by molar-refractivity contribution is 0.0990. The predicted octanol–water partition coefficient (Wildman–Crippen LogP) is 4.33. The van der Waals surface area contributed by atoms with E-state index in [2.05, 4.69) is 0 Å². The molecule has 0 fully saturated rings. The minimum atomic E-state index is -0.219. The molecule has 0 heterocycles. The van der Waals surface area contributed by atoms with Gasteiger partial charge in [-0.1, -0.05) is 49.4 Å². The smallest absolute Gasteiger partial charge is 0.197 e. The summed E-state index contributed by atoms with van der Waals surface area (Å²) in [4.78, 5) is 24.9. The van der Waals surface area contributed by atoms with Gasteiger partial charge in [-0.2, -0.15) is 0 Å². The van der Waals surface area contributed by atoms with Gasteiger partial charge in [0, 0.05) is 16.7 Å². The predicted molar refractivity (Wildman–Crippen MR) is 89.9 cm³/mol. The van der Waals surface area contributed by atoms with E-state index in [1.807, 2.05) is 38.1 Å². The zero-order chi connectivity index (χ0) is 16.4. The maximum absolute atomic E-state index is 12.5. The van der Waals surface area contributed by atoms with Crippen molar-refractivity contribution < 1.29 is 14.3 Å². The van der Waals surface area contributed by atoms with Gasteiger partial charge in [-0.15, -0.1) is 0 Å². The van der Waals surface area contributed by atoms with E-state index in [1.54, 1.807) is 30.3 Å². The van der Waals surface area contributed by atoms with Crippen LogP contribution in [-0.4, -0.2) is 17.7 Å². The molecule has 2 aromatic rings. The highest BCUT2D eigenvalue weighted by Gasteiger charge is 2.32. The molecular weight excluding hydrogens is 288 g/mol. The van der Waals surface area contributed by atoms with E-state index < -0.39 is 0 Å². The van der Waals surface area contributed by atoms with Gasteiger partial charge in [0.05, 0.1) is 11.7 Å². The topological polar surface area (TPSA) is 43.4 Å². The Morgan fingerprint density at radius 1 is 0.957 bits per heavy atom. The molecule has 1 atom stereocenters. The molecule has 116 valence electrons. The Morgan fingerprint density at radius 2 is 1.52 bits per heavy atom. The molecule has 23 heavy (non-hydrogen) atoms. The van der Waals surface area contributed by atoms with Gasteiger partial charge in [0.2, 0.25) is 0 Å². The second kappa shape index (κ2) is 6.21. The lowest BCUT2D eigenvalue weighted by Gasteiger charge is -2.14. The largest absolute Gasteiger partial charge is 0.490 e. The quantitative estimate of drug-likeness (QED) is 0.624. The van der Waals surface area contributed by atoms with E-state index in [4.69, 9.17) is 4.74 Å². The Kier molecular flexibility index (Phi) is 4.11. The molecule has 0 saturated carbocycles. The van der Waals surface area contributed by atoms with Crippen LogP contribution in [0.2, 0.25) is 0 Å². The van der Waals surface area contributed by atoms with Crippen LogP contribution in [0, 0.1) is 0 Å². The van der Waals surface area contributed by atoms with Gasteiger partial charge in [0.25, 0.3) is 0 Å². The van der Waals surface area contributed by atoms with Crippen molar-refractivity contribution in [1.82, 2.24) is 0 Å². The first-order chi connectivity index (χ1) is 11.1. The van der Waals surface area contributed by atoms with Crippen molar-refractivity contribution in [1.29, 1.82) is 0 Å². The fraction of sp³-hybridized carbons (Fsp3) is 0.200. The van der Waals surface area contributed by atoms with Crippen molar-refractivity contribution in [2.24, 2.45) is 0 Å². The zero-order valence-electron chi connectivity index (χ0n) is 13.2. The standard InChI is InChI=1S/C20H18O3/c1-3-13(2)23-18-11-7-4-8-14(18)12-17-19(21)15-9-5-6-10-16(15)20(17)22/h4-13H,3H2,1-2H3/t13-/m1/s1. The van der Waals surface area contributed by atoms with Crippen molar-refractivity contribution in [2.45, 2.75) is 26.4 Å². The molecule has 0 aromatic heterocycles. The van der Waals surface area contributed by atoms with Gasteiger partial charge < -0.3 is 4.74 Å². The van der Waals surface area contributed by atoms with Crippen LogP contribution in [-0.2, 0) is 0 Å². The summed E-state index contributed by atoms with van der Waals surface area (Å²) in [6.07, 6.45) is 2.60. The Hall–Kier alpha value is -2.68. The first kappa shape index (κ1) is 15.2. The van der Waals surface area contributed by atoms with E-state index >= 15 is 0 Å². The summed E-state index contributed by atoms with van der Waals surface area (Å²) in [5.74, 6) is 0.249. The number of fused-ring (bicyclic) bond motifs is 1. The summed E-state index contributed by atoms with van der Waals surface area (Å²) in [6.45, 7) is 4.04. The Labute approximate surface area is 135 Å². The SMILES string of the molecule is CC[C@@H](C)Oc1ccccc1C=C1C(=O)c2ccccc2C1=O. The third kappa shape index (κ3) is 2.82. The average Bonchev–Trinajstić information content (AvgIpc) is 2.82. The maximum atomic E-state index is 12.5. The molecule has 1 aliphatic rings. The van der Waals surface area contributed by atoms with E-state index in [0.717, 1.165) is 12.0 Å². The summed E-state index contributed by atoms with van der Waals surface area (Å²) < 4.78 is 5.89. The molecule has 2 aromatic carbocycles. The Morgan fingerprint density at radius 3 is 2.13 bits per heavy atom. The monoisotopic (exact) mass is 306 g/mol. The number of benzene rings is 2. The second-order valence-electron chi connectivity index (χ2n) is 5.64. The number of para-hydroxylation sites is 1. The number of hydrogen-bond acceptors (Lipinski definition) is 3. The Bertz CT molecular complexity index is 765. The van der Waals surface area contributed by atoms with Crippen LogP contribution < -0.4 is 4.74 Å². The molecule has 0 bridgehead atoms. The highest BCUT2D eigenvalue weighted by Crippen LogP contribution is 2.30. The lowest BCUT2D eigenvalue weighted by Crippen LogP contribution is -2.10. The van der Waals surface area contributed by atoms with Crippen molar-refractivity contribution in [3.8, 4) is 5.75 Å². The van der Waals surface area contributed by atoms with Gasteiger partial charge in [-0.05, 0) is 25.5 Å². The molecule has 3 rings (SSSR count). The molecule has 0 aliphatic heterocycles. The number of carbonyl (C=O) groups is 2. The number of rotatable bonds is 4. The number of allylic oxidation sites excluding steroid dienone is 1. The summed E-state index contributed by atoms with van der Waals surface area (Å²) in [6, 6.07) is 14.4. The summed E-state index contributed by atoms with van der Waals surface area (Å²) in [7, 11) is 0. The first-order valence-corrected chi connectivity index (χ1v) is 7.77. The van der Waals surface area contributed by atoms with Crippen molar-refractivity contribution in [3.63, 3.8) is 0 Å². The maximum Gasteiger partial charge on any atom is 0.197 e. The third-order valence-corrected chi connectivity index (χ3v) is 4.03. The fourth-order valence-electron chi connectivity index (χ4n) is 2.57. The van der Waals surface area contributed by atoms with Crippen LogP contribution in [0.1, 0.15) is 46.5 Å². The van der Waals surface area contributed by atoms with Crippen LogP contribution in [0.4, 0.5) is 0 Å². The van der Waals surface area contributed by atoms with Crippen molar-refractivity contribution >= 4 is 17.6 Å². The second-order valence-corrected chi connectivity index (χ2v) is 5.64. The summed E-state index contributed by atoms with van der Waals surface area (Å²) in [5.41, 5.74) is 1.90. The first-order valence-electron chi connectivity index (χ1n) is 7.77. The number of ether oxygens (including phenoxy) is 1. The zero-order valence-corrected chi connectivity index (χ0v) is 13.2. The van der Waals surface area contributed by atoms with E-state index in [0.29, 0.717) is 16.9 Å². The number of ketones is 2. The minimum absolute atomic E-state index is 0.0710. The number of Topliss-reactive ketones (excluding diaryl/α,β-unsaturated/α-hetero) is 2. The lowest BCUT2D eigenvalue weighted by atomic mass is 10.1. The van der Waals surface area contributed by atoms with E-state index in [1.165, 1.54) is 0 Å². The highest BCUT2D eigenvalue weighted by molar-refractivity contribution is 6.41. The molecule has 0 saturated heterocycles. The third-order valence-electron chi connectivity index (χ3n) is 4.03. The molecule has 0 spiro atoms.